The first-order chi connectivity index (χ1) is 9.47. The van der Waals surface area contributed by atoms with E-state index in [9.17, 15) is 14.7 Å². The van der Waals surface area contributed by atoms with Crippen LogP contribution in [0, 0.1) is 0 Å². The first-order valence-electron chi connectivity index (χ1n) is 6.78. The Morgan fingerprint density at radius 3 is 2.65 bits per heavy atom. The lowest BCUT2D eigenvalue weighted by Gasteiger charge is -2.17. The molecule has 2 rings (SSSR count). The number of aliphatic hydroxyl groups is 1. The van der Waals surface area contributed by atoms with E-state index in [2.05, 4.69) is 5.32 Å². The first-order valence-corrected chi connectivity index (χ1v) is 6.78. The number of benzene rings is 1. The summed E-state index contributed by atoms with van der Waals surface area (Å²) in [5.74, 6) is -1.63. The van der Waals surface area contributed by atoms with Gasteiger partial charge in [-0.3, -0.25) is 4.79 Å². The summed E-state index contributed by atoms with van der Waals surface area (Å²) in [7, 11) is 0. The first kappa shape index (κ1) is 14.5. The number of nitrogens with one attached hydrogen (secondary N) is 1. The van der Waals surface area contributed by atoms with Gasteiger partial charge in [0.05, 0.1) is 12.5 Å². The van der Waals surface area contributed by atoms with Gasteiger partial charge in [0, 0.05) is 0 Å². The number of aryl methyl sites for hydroxylation is 2. The monoisotopic (exact) mass is 277 g/mol. The number of carbonyl (C=O) groups is 2. The van der Waals surface area contributed by atoms with Gasteiger partial charge in [-0.25, -0.2) is 4.79 Å². The fraction of sp³-hybridized carbons (Fsp3) is 0.467. The molecule has 0 saturated carbocycles. The van der Waals surface area contributed by atoms with Crippen LogP contribution < -0.4 is 5.32 Å². The largest absolute Gasteiger partial charge is 0.480 e. The number of amides is 1. The second-order valence-electron chi connectivity index (χ2n) is 5.26. The van der Waals surface area contributed by atoms with E-state index in [-0.39, 0.29) is 6.42 Å². The molecule has 1 aromatic rings. The summed E-state index contributed by atoms with van der Waals surface area (Å²) in [6.07, 6.45) is 2.27. The summed E-state index contributed by atoms with van der Waals surface area (Å²) in [6, 6.07) is 4.69. The Morgan fingerprint density at radius 1 is 1.30 bits per heavy atom. The minimum atomic E-state index is -1.27. The summed E-state index contributed by atoms with van der Waals surface area (Å²) in [4.78, 5) is 22.8. The minimum absolute atomic E-state index is 0.129. The number of aliphatic carboxylic acids is 1. The van der Waals surface area contributed by atoms with Gasteiger partial charge in [0.2, 0.25) is 5.91 Å². The van der Waals surface area contributed by atoms with Crippen molar-refractivity contribution in [3.05, 3.63) is 34.9 Å². The summed E-state index contributed by atoms with van der Waals surface area (Å²) in [5.41, 5.74) is 3.49. The van der Waals surface area contributed by atoms with E-state index in [0.717, 1.165) is 24.8 Å². The average molecular weight is 277 g/mol. The molecule has 0 spiro atoms. The van der Waals surface area contributed by atoms with Gasteiger partial charge in [0.25, 0.3) is 0 Å². The Kier molecular flexibility index (Phi) is 4.39. The molecule has 0 aromatic heterocycles. The molecule has 2 atom stereocenters. The summed E-state index contributed by atoms with van der Waals surface area (Å²) in [5, 5.41) is 20.6. The van der Waals surface area contributed by atoms with Crippen LogP contribution in [0.1, 0.15) is 30.0 Å². The van der Waals surface area contributed by atoms with Crippen LogP contribution in [0.4, 0.5) is 0 Å². The predicted molar refractivity (Wildman–Crippen MR) is 73.4 cm³/mol. The number of fused-ring (bicyclic) bond motifs is 1. The molecule has 20 heavy (non-hydrogen) atoms. The Hall–Kier alpha value is -1.88. The molecule has 1 aliphatic rings. The fourth-order valence-corrected chi connectivity index (χ4v) is 2.53. The highest BCUT2D eigenvalue weighted by Crippen LogP contribution is 2.22. The lowest BCUT2D eigenvalue weighted by molar-refractivity contribution is -0.144. The van der Waals surface area contributed by atoms with Gasteiger partial charge in [0.15, 0.2) is 6.04 Å². The van der Waals surface area contributed by atoms with Crippen LogP contribution in [0.25, 0.3) is 0 Å². The van der Waals surface area contributed by atoms with E-state index in [1.165, 1.54) is 18.1 Å². The van der Waals surface area contributed by atoms with Crippen molar-refractivity contribution in [1.82, 2.24) is 5.32 Å². The van der Waals surface area contributed by atoms with Crippen LogP contribution in [0.2, 0.25) is 0 Å². The summed E-state index contributed by atoms with van der Waals surface area (Å²) >= 11 is 0. The molecule has 0 heterocycles. The lowest BCUT2D eigenvalue weighted by atomic mass is 10.0. The normalized spacial score (nSPS) is 16.3. The van der Waals surface area contributed by atoms with Crippen molar-refractivity contribution < 1.29 is 19.8 Å². The quantitative estimate of drug-likeness (QED) is 0.738. The van der Waals surface area contributed by atoms with Gasteiger partial charge in [-0.2, -0.15) is 0 Å². The molecule has 0 saturated heterocycles. The van der Waals surface area contributed by atoms with Crippen LogP contribution in [-0.4, -0.2) is 34.2 Å². The molecule has 5 heteroatoms. The van der Waals surface area contributed by atoms with Crippen molar-refractivity contribution >= 4 is 11.9 Å². The number of aliphatic hydroxyl groups excluding tert-OH is 1. The Morgan fingerprint density at radius 2 is 2.00 bits per heavy atom. The van der Waals surface area contributed by atoms with Crippen molar-refractivity contribution in [3.63, 3.8) is 0 Å². The smallest absolute Gasteiger partial charge is 0.328 e. The van der Waals surface area contributed by atoms with Crippen molar-refractivity contribution in [2.75, 3.05) is 0 Å². The van der Waals surface area contributed by atoms with E-state index in [0.29, 0.717) is 0 Å². The number of carboxylic acids is 1. The predicted octanol–water partition coefficient (Wildman–Crippen LogP) is 0.668. The average Bonchev–Trinajstić information content (AvgIpc) is 2.82. The maximum absolute atomic E-state index is 11.8. The van der Waals surface area contributed by atoms with Gasteiger partial charge in [0.1, 0.15) is 0 Å². The van der Waals surface area contributed by atoms with Gasteiger partial charge in [-0.1, -0.05) is 18.2 Å². The maximum atomic E-state index is 11.8. The third-order valence-corrected chi connectivity index (χ3v) is 3.59. The molecule has 108 valence electrons. The van der Waals surface area contributed by atoms with Crippen molar-refractivity contribution in [2.45, 2.75) is 44.8 Å². The Labute approximate surface area is 117 Å². The third kappa shape index (κ3) is 3.36. The molecular formula is C15H19NO4. The number of carboxylic acid groups (broad SMARTS) is 1. The van der Waals surface area contributed by atoms with Crippen LogP contribution >= 0.6 is 0 Å². The van der Waals surface area contributed by atoms with Crippen molar-refractivity contribution in [3.8, 4) is 0 Å². The maximum Gasteiger partial charge on any atom is 0.328 e. The zero-order chi connectivity index (χ0) is 14.7. The van der Waals surface area contributed by atoms with Crippen LogP contribution in [-0.2, 0) is 28.9 Å². The molecule has 1 aromatic carbocycles. The molecule has 0 aliphatic heterocycles. The van der Waals surface area contributed by atoms with Crippen LogP contribution in [0.3, 0.4) is 0 Å². The highest BCUT2D eigenvalue weighted by molar-refractivity contribution is 5.85. The van der Waals surface area contributed by atoms with Gasteiger partial charge < -0.3 is 15.5 Å². The van der Waals surface area contributed by atoms with Gasteiger partial charge in [-0.05, 0) is 42.9 Å². The molecule has 3 N–H and O–H groups in total. The van der Waals surface area contributed by atoms with Crippen molar-refractivity contribution in [2.24, 2.45) is 0 Å². The Balaban J connectivity index is 1.99. The number of hydrogen-bond acceptors (Lipinski definition) is 3. The van der Waals surface area contributed by atoms with E-state index in [1.54, 1.807) is 0 Å². The Bertz CT molecular complexity index is 525. The molecule has 1 aliphatic carbocycles. The highest BCUT2D eigenvalue weighted by Gasteiger charge is 2.25. The zero-order valence-corrected chi connectivity index (χ0v) is 11.4. The van der Waals surface area contributed by atoms with E-state index >= 15 is 0 Å². The van der Waals surface area contributed by atoms with E-state index in [1.807, 2.05) is 18.2 Å². The molecule has 5 nitrogen and oxygen atoms in total. The van der Waals surface area contributed by atoms with Crippen molar-refractivity contribution in [1.29, 1.82) is 0 Å². The van der Waals surface area contributed by atoms with Crippen LogP contribution in [0.15, 0.2) is 18.2 Å². The van der Waals surface area contributed by atoms with Crippen LogP contribution in [0.5, 0.6) is 0 Å². The fourth-order valence-electron chi connectivity index (χ4n) is 2.53. The molecule has 0 radical (unpaired) electrons. The molecule has 0 bridgehead atoms. The lowest BCUT2D eigenvalue weighted by Crippen LogP contribution is -2.48. The topological polar surface area (TPSA) is 86.6 Å². The zero-order valence-electron chi connectivity index (χ0n) is 11.4. The number of rotatable bonds is 5. The second-order valence-corrected chi connectivity index (χ2v) is 5.26. The SMILES string of the molecule is CC(O)C(NC(=O)Cc1ccc2c(c1)CCC2)C(=O)O. The molecular weight excluding hydrogens is 258 g/mol. The summed E-state index contributed by atoms with van der Waals surface area (Å²) < 4.78 is 0. The second kappa shape index (κ2) is 6.05. The minimum Gasteiger partial charge on any atom is -0.480 e. The number of hydrogen-bond donors (Lipinski definition) is 3. The van der Waals surface area contributed by atoms with E-state index in [4.69, 9.17) is 5.11 Å². The third-order valence-electron chi connectivity index (χ3n) is 3.59. The molecule has 0 fully saturated rings. The summed E-state index contributed by atoms with van der Waals surface area (Å²) in [6.45, 7) is 1.34. The standard InChI is InChI=1S/C15H19NO4/c1-9(17)14(15(19)20)16-13(18)8-10-5-6-11-3-2-4-12(11)7-10/h5-7,9,14,17H,2-4,8H2,1H3,(H,16,18)(H,19,20). The van der Waals surface area contributed by atoms with E-state index < -0.39 is 24.0 Å². The molecule has 2 unspecified atom stereocenters. The molecule has 1 amide bonds. The highest BCUT2D eigenvalue weighted by atomic mass is 16.4. The van der Waals surface area contributed by atoms with Gasteiger partial charge in [-0.15, -0.1) is 0 Å². The van der Waals surface area contributed by atoms with Gasteiger partial charge >= 0.3 is 5.97 Å². The number of carbonyl (C=O) groups excluding carboxylic acids is 1.